The molecular weight excluding hydrogens is 456 g/mol. The van der Waals surface area contributed by atoms with Gasteiger partial charge in [-0.25, -0.2) is 4.79 Å². The Morgan fingerprint density at radius 2 is 1.94 bits per heavy atom. The first kappa shape index (κ1) is 24.4. The minimum absolute atomic E-state index is 0.104. The topological polar surface area (TPSA) is 88.7 Å². The van der Waals surface area contributed by atoms with Gasteiger partial charge in [0.05, 0.1) is 6.61 Å². The van der Waals surface area contributed by atoms with E-state index < -0.39 is 23.0 Å². The fraction of sp³-hybridized carbons (Fsp3) is 0.520. The number of hydrogen-bond acceptors (Lipinski definition) is 6. The second-order valence-corrected chi connectivity index (χ2v) is 9.85. The lowest BCUT2D eigenvalue weighted by molar-refractivity contribution is 0.0202. The van der Waals surface area contributed by atoms with Gasteiger partial charge in [0.15, 0.2) is 6.17 Å². The second kappa shape index (κ2) is 9.87. The predicted octanol–water partition coefficient (Wildman–Crippen LogP) is 2.55. The SMILES string of the molecule is Cn1c2c(c(=O)n(CCCO)c1=O)NC(C#CC(C)(C)OCC1CC1)N2Cc1ccc(Cl)cc1. The maximum Gasteiger partial charge on any atom is 0.332 e. The van der Waals surface area contributed by atoms with Crippen LogP contribution in [0.3, 0.4) is 0 Å². The van der Waals surface area contributed by atoms with Crippen molar-refractivity contribution in [2.75, 3.05) is 23.4 Å². The molecule has 2 aromatic rings. The number of nitrogens with one attached hydrogen (secondary N) is 1. The van der Waals surface area contributed by atoms with Gasteiger partial charge in [-0.2, -0.15) is 0 Å². The second-order valence-electron chi connectivity index (χ2n) is 9.41. The summed E-state index contributed by atoms with van der Waals surface area (Å²) in [6, 6.07) is 7.44. The number of aliphatic hydroxyl groups is 1. The highest BCUT2D eigenvalue weighted by atomic mass is 35.5. The molecule has 1 unspecified atom stereocenters. The Balaban J connectivity index is 1.71. The van der Waals surface area contributed by atoms with Crippen molar-refractivity contribution in [3.63, 3.8) is 0 Å². The van der Waals surface area contributed by atoms with Gasteiger partial charge in [-0.3, -0.25) is 13.9 Å². The van der Waals surface area contributed by atoms with Crippen LogP contribution in [-0.4, -0.2) is 39.2 Å². The van der Waals surface area contributed by atoms with E-state index >= 15 is 0 Å². The summed E-state index contributed by atoms with van der Waals surface area (Å²) >= 11 is 6.05. The molecule has 1 aliphatic carbocycles. The summed E-state index contributed by atoms with van der Waals surface area (Å²) in [5, 5.41) is 13.0. The monoisotopic (exact) mass is 486 g/mol. The van der Waals surface area contributed by atoms with Crippen LogP contribution < -0.4 is 21.5 Å². The minimum Gasteiger partial charge on any atom is -0.396 e. The Kier molecular flexibility index (Phi) is 7.08. The largest absolute Gasteiger partial charge is 0.396 e. The number of benzene rings is 1. The van der Waals surface area contributed by atoms with Crippen molar-refractivity contribution in [1.29, 1.82) is 0 Å². The van der Waals surface area contributed by atoms with Crippen molar-refractivity contribution in [3.8, 4) is 11.8 Å². The molecule has 0 saturated heterocycles. The number of hydrogen-bond donors (Lipinski definition) is 2. The molecule has 9 heteroatoms. The van der Waals surface area contributed by atoms with Crippen LogP contribution in [0.4, 0.5) is 11.5 Å². The average Bonchev–Trinajstić information content (AvgIpc) is 3.57. The summed E-state index contributed by atoms with van der Waals surface area (Å²) in [6.07, 6.45) is 2.20. The van der Waals surface area contributed by atoms with E-state index in [0.29, 0.717) is 42.0 Å². The van der Waals surface area contributed by atoms with E-state index in [-0.39, 0.29) is 13.2 Å². The van der Waals surface area contributed by atoms with Crippen molar-refractivity contribution in [2.24, 2.45) is 13.0 Å². The molecule has 34 heavy (non-hydrogen) atoms. The first-order valence-electron chi connectivity index (χ1n) is 11.6. The van der Waals surface area contributed by atoms with Gasteiger partial charge in [0.1, 0.15) is 17.1 Å². The van der Waals surface area contributed by atoms with Crippen LogP contribution in [0.1, 0.15) is 38.7 Å². The van der Waals surface area contributed by atoms with E-state index in [1.54, 1.807) is 7.05 Å². The third kappa shape index (κ3) is 5.33. The van der Waals surface area contributed by atoms with Crippen molar-refractivity contribution < 1.29 is 9.84 Å². The summed E-state index contributed by atoms with van der Waals surface area (Å²) < 4.78 is 8.63. The Hall–Kier alpha value is -2.73. The van der Waals surface area contributed by atoms with Crippen LogP contribution in [-0.2, 0) is 24.9 Å². The number of halogens is 1. The molecule has 1 aromatic carbocycles. The van der Waals surface area contributed by atoms with Crippen molar-refractivity contribution in [1.82, 2.24) is 9.13 Å². The van der Waals surface area contributed by atoms with Gasteiger partial charge in [0, 0.05) is 31.8 Å². The quantitative estimate of drug-likeness (QED) is 0.557. The third-order valence-corrected chi connectivity index (χ3v) is 6.33. The molecule has 1 aliphatic heterocycles. The molecule has 2 N–H and O–H groups in total. The van der Waals surface area contributed by atoms with E-state index in [9.17, 15) is 14.7 Å². The number of nitrogens with zero attached hydrogens (tertiary/aromatic N) is 3. The summed E-state index contributed by atoms with van der Waals surface area (Å²) in [7, 11) is 1.64. The molecule has 1 saturated carbocycles. The number of ether oxygens (including phenoxy) is 1. The van der Waals surface area contributed by atoms with Gasteiger partial charge in [-0.1, -0.05) is 35.6 Å². The van der Waals surface area contributed by atoms with Gasteiger partial charge < -0.3 is 20.1 Å². The maximum absolute atomic E-state index is 13.2. The summed E-state index contributed by atoms with van der Waals surface area (Å²) in [5.41, 5.74) is -0.196. The van der Waals surface area contributed by atoms with E-state index in [1.165, 1.54) is 17.4 Å². The smallest absolute Gasteiger partial charge is 0.332 e. The molecule has 4 rings (SSSR count). The van der Waals surface area contributed by atoms with Gasteiger partial charge in [-0.15, -0.1) is 0 Å². The molecule has 8 nitrogen and oxygen atoms in total. The van der Waals surface area contributed by atoms with Crippen LogP contribution in [0, 0.1) is 17.8 Å². The number of anilines is 2. The zero-order chi connectivity index (χ0) is 24.5. The van der Waals surface area contributed by atoms with Gasteiger partial charge in [0.2, 0.25) is 0 Å². The van der Waals surface area contributed by atoms with E-state index in [1.807, 2.05) is 43.0 Å². The lowest BCUT2D eigenvalue weighted by Crippen LogP contribution is -2.41. The van der Waals surface area contributed by atoms with E-state index in [0.717, 1.165) is 10.1 Å². The lowest BCUT2D eigenvalue weighted by atomic mass is 10.1. The fourth-order valence-electron chi connectivity index (χ4n) is 3.94. The van der Waals surface area contributed by atoms with Crippen LogP contribution in [0.2, 0.25) is 5.02 Å². The average molecular weight is 487 g/mol. The highest BCUT2D eigenvalue weighted by molar-refractivity contribution is 6.30. The van der Waals surface area contributed by atoms with Crippen molar-refractivity contribution in [3.05, 3.63) is 55.7 Å². The fourth-order valence-corrected chi connectivity index (χ4v) is 4.06. The molecule has 0 spiro atoms. The van der Waals surface area contributed by atoms with Crippen molar-refractivity contribution in [2.45, 2.75) is 58.0 Å². The maximum atomic E-state index is 13.2. The van der Waals surface area contributed by atoms with Crippen LogP contribution >= 0.6 is 11.6 Å². The Morgan fingerprint density at radius 1 is 1.24 bits per heavy atom. The number of rotatable bonds is 8. The highest BCUT2D eigenvalue weighted by Gasteiger charge is 2.34. The third-order valence-electron chi connectivity index (χ3n) is 6.08. The zero-order valence-corrected chi connectivity index (χ0v) is 20.6. The molecule has 0 amide bonds. The molecule has 1 fully saturated rings. The van der Waals surface area contributed by atoms with E-state index in [2.05, 4.69) is 17.2 Å². The predicted molar refractivity (Wildman–Crippen MR) is 133 cm³/mol. The first-order chi connectivity index (χ1) is 16.2. The van der Waals surface area contributed by atoms with Gasteiger partial charge >= 0.3 is 5.69 Å². The van der Waals surface area contributed by atoms with Crippen molar-refractivity contribution >= 4 is 23.1 Å². The Labute approximate surface area is 204 Å². The molecular formula is C25H31ClN4O4. The number of fused-ring (bicyclic) bond motifs is 1. The molecule has 1 atom stereocenters. The summed E-state index contributed by atoms with van der Waals surface area (Å²) in [6.45, 7) is 5.03. The van der Waals surface area contributed by atoms with Crippen LogP contribution in [0.15, 0.2) is 33.9 Å². The number of aliphatic hydroxyl groups excluding tert-OH is 1. The molecule has 0 radical (unpaired) electrons. The molecule has 0 bridgehead atoms. The zero-order valence-electron chi connectivity index (χ0n) is 19.8. The Morgan fingerprint density at radius 3 is 2.59 bits per heavy atom. The molecule has 2 heterocycles. The van der Waals surface area contributed by atoms with E-state index in [4.69, 9.17) is 16.3 Å². The van der Waals surface area contributed by atoms with Gasteiger partial charge in [-0.05, 0) is 56.7 Å². The standard InChI is InChI=1S/C25H31ClN4O4/c1-25(2,34-16-18-5-6-18)12-11-20-27-21-22(30(20)15-17-7-9-19(26)10-8-17)28(3)24(33)29(23(21)32)13-4-14-31/h7-10,18,20,27,31H,4-6,13-16H2,1-3H3. The molecule has 2 aliphatic rings. The number of aromatic nitrogens is 2. The first-order valence-corrected chi connectivity index (χ1v) is 12.0. The minimum atomic E-state index is -0.641. The Bertz CT molecular complexity index is 1220. The molecule has 182 valence electrons. The van der Waals surface area contributed by atoms with Crippen LogP contribution in [0.25, 0.3) is 0 Å². The highest BCUT2D eigenvalue weighted by Crippen LogP contribution is 2.32. The molecule has 1 aromatic heterocycles. The lowest BCUT2D eigenvalue weighted by Gasteiger charge is -2.25. The van der Waals surface area contributed by atoms with Gasteiger partial charge in [0.25, 0.3) is 5.56 Å². The normalized spacial score (nSPS) is 17.2. The van der Waals surface area contributed by atoms with Crippen LogP contribution in [0.5, 0.6) is 0 Å². The summed E-state index contributed by atoms with van der Waals surface area (Å²) in [4.78, 5) is 28.1. The summed E-state index contributed by atoms with van der Waals surface area (Å²) in [5.74, 6) is 7.58.